The van der Waals surface area contributed by atoms with E-state index >= 15 is 0 Å². The second kappa shape index (κ2) is 5.58. The highest BCUT2D eigenvalue weighted by Gasteiger charge is 2.49. The predicted octanol–water partition coefficient (Wildman–Crippen LogP) is 2.71. The van der Waals surface area contributed by atoms with Crippen molar-refractivity contribution in [2.45, 2.75) is 50.8 Å². The Kier molecular flexibility index (Phi) is 4.08. The van der Waals surface area contributed by atoms with Crippen LogP contribution in [0.5, 0.6) is 0 Å². The van der Waals surface area contributed by atoms with E-state index in [0.717, 1.165) is 32.4 Å². The first kappa shape index (κ1) is 15.3. The van der Waals surface area contributed by atoms with Crippen LogP contribution in [-0.4, -0.2) is 22.4 Å². The Morgan fingerprint density at radius 3 is 2.57 bits per heavy atom. The molecule has 1 spiro atoms. The molecule has 3 rings (SSSR count). The molecule has 4 heteroatoms. The highest BCUT2D eigenvalue weighted by Crippen LogP contribution is 2.51. The summed E-state index contributed by atoms with van der Waals surface area (Å²) in [7, 11) is 0. The van der Waals surface area contributed by atoms with Crippen LogP contribution in [0.25, 0.3) is 0 Å². The molecule has 0 aromatic heterocycles. The van der Waals surface area contributed by atoms with E-state index in [9.17, 15) is 4.55 Å². The SMILES string of the molecule is CC(C)(C)[S+]([O-])N[C@H]1c2ccccc2CC12CCNCC2. The third-order valence-corrected chi connectivity index (χ3v) is 6.46. The molecule has 3 nitrogen and oxygen atoms in total. The Morgan fingerprint density at radius 2 is 1.90 bits per heavy atom. The summed E-state index contributed by atoms with van der Waals surface area (Å²) in [6.45, 7) is 8.23. The first-order chi connectivity index (χ1) is 9.92. The van der Waals surface area contributed by atoms with Crippen molar-refractivity contribution in [2.75, 3.05) is 13.1 Å². The maximum absolute atomic E-state index is 12.6. The first-order valence-electron chi connectivity index (χ1n) is 7.89. The van der Waals surface area contributed by atoms with Gasteiger partial charge >= 0.3 is 0 Å². The summed E-state index contributed by atoms with van der Waals surface area (Å²) in [5, 5.41) is 3.46. The molecular formula is C17H26N2OS. The molecule has 1 aliphatic heterocycles. The van der Waals surface area contributed by atoms with E-state index < -0.39 is 11.4 Å². The molecule has 1 aromatic carbocycles. The Morgan fingerprint density at radius 1 is 1.24 bits per heavy atom. The molecule has 1 unspecified atom stereocenters. The van der Waals surface area contributed by atoms with E-state index in [1.54, 1.807) is 0 Å². The van der Waals surface area contributed by atoms with Crippen LogP contribution in [0.3, 0.4) is 0 Å². The van der Waals surface area contributed by atoms with E-state index in [2.05, 4.69) is 34.3 Å². The van der Waals surface area contributed by atoms with Crippen LogP contribution < -0.4 is 10.0 Å². The number of nitrogens with one attached hydrogen (secondary N) is 2. The van der Waals surface area contributed by atoms with Crippen molar-refractivity contribution < 1.29 is 4.55 Å². The van der Waals surface area contributed by atoms with Crippen LogP contribution in [0, 0.1) is 5.41 Å². The van der Waals surface area contributed by atoms with Crippen LogP contribution in [0.1, 0.15) is 50.8 Å². The smallest absolute Gasteiger partial charge is 0.136 e. The maximum Gasteiger partial charge on any atom is 0.136 e. The molecule has 1 saturated heterocycles. The van der Waals surface area contributed by atoms with Crippen LogP contribution in [-0.2, 0) is 17.8 Å². The molecule has 0 bridgehead atoms. The van der Waals surface area contributed by atoms with Gasteiger partial charge in [-0.3, -0.25) is 0 Å². The van der Waals surface area contributed by atoms with Gasteiger partial charge in [0.05, 0.1) is 6.04 Å². The topological polar surface area (TPSA) is 47.1 Å². The number of hydrogen-bond donors (Lipinski definition) is 2. The molecule has 1 aliphatic carbocycles. The molecule has 0 amide bonds. The van der Waals surface area contributed by atoms with Gasteiger partial charge in [-0.15, -0.1) is 4.72 Å². The summed E-state index contributed by atoms with van der Waals surface area (Å²) >= 11 is -1.03. The zero-order chi connectivity index (χ0) is 15.1. The average molecular weight is 306 g/mol. The Hall–Kier alpha value is -0.550. The summed E-state index contributed by atoms with van der Waals surface area (Å²) in [6, 6.07) is 8.89. The van der Waals surface area contributed by atoms with Gasteiger partial charge < -0.3 is 9.87 Å². The summed E-state index contributed by atoms with van der Waals surface area (Å²) in [5.74, 6) is 0. The van der Waals surface area contributed by atoms with Gasteiger partial charge in [0.1, 0.15) is 4.75 Å². The second-order valence-electron chi connectivity index (χ2n) is 7.42. The molecule has 1 aromatic rings. The molecule has 2 N–H and O–H groups in total. The van der Waals surface area contributed by atoms with E-state index in [1.165, 1.54) is 11.1 Å². The molecule has 1 fully saturated rings. The van der Waals surface area contributed by atoms with Crippen LogP contribution in [0.2, 0.25) is 0 Å². The Balaban J connectivity index is 1.92. The van der Waals surface area contributed by atoms with Crippen molar-refractivity contribution >= 4 is 11.4 Å². The van der Waals surface area contributed by atoms with E-state index in [0.29, 0.717) is 0 Å². The van der Waals surface area contributed by atoms with E-state index in [1.807, 2.05) is 20.8 Å². The lowest BCUT2D eigenvalue weighted by Crippen LogP contribution is -2.48. The predicted molar refractivity (Wildman–Crippen MR) is 88.5 cm³/mol. The first-order valence-corrected chi connectivity index (χ1v) is 9.04. The lowest BCUT2D eigenvalue weighted by Gasteiger charge is -2.40. The van der Waals surface area contributed by atoms with Crippen molar-refractivity contribution in [3.8, 4) is 0 Å². The highest BCUT2D eigenvalue weighted by atomic mass is 32.2. The normalized spacial score (nSPS) is 25.8. The van der Waals surface area contributed by atoms with E-state index in [4.69, 9.17) is 0 Å². The van der Waals surface area contributed by atoms with E-state index in [-0.39, 0.29) is 16.2 Å². The number of piperidine rings is 1. The van der Waals surface area contributed by atoms with Crippen LogP contribution in [0.4, 0.5) is 0 Å². The largest absolute Gasteiger partial charge is 0.598 e. The van der Waals surface area contributed by atoms with Crippen LogP contribution >= 0.6 is 0 Å². The average Bonchev–Trinajstić information content (AvgIpc) is 2.72. The summed E-state index contributed by atoms with van der Waals surface area (Å²) in [6.07, 6.45) is 3.42. The molecule has 116 valence electrons. The van der Waals surface area contributed by atoms with Gasteiger partial charge in [-0.2, -0.15) is 0 Å². The van der Waals surface area contributed by atoms with Gasteiger partial charge in [0.15, 0.2) is 0 Å². The minimum Gasteiger partial charge on any atom is -0.598 e. The van der Waals surface area contributed by atoms with Crippen molar-refractivity contribution in [2.24, 2.45) is 5.41 Å². The van der Waals surface area contributed by atoms with Gasteiger partial charge in [-0.05, 0) is 64.3 Å². The van der Waals surface area contributed by atoms with Gasteiger partial charge in [0.25, 0.3) is 0 Å². The highest BCUT2D eigenvalue weighted by molar-refractivity contribution is 7.90. The summed E-state index contributed by atoms with van der Waals surface area (Å²) < 4.78 is 15.9. The second-order valence-corrected chi connectivity index (χ2v) is 9.42. The number of benzene rings is 1. The van der Waals surface area contributed by atoms with Gasteiger partial charge in [0.2, 0.25) is 0 Å². The number of hydrogen-bond acceptors (Lipinski definition) is 3. The van der Waals surface area contributed by atoms with Crippen molar-refractivity contribution in [1.82, 2.24) is 10.0 Å². The standard InChI is InChI=1S/C17H26N2OS/c1-16(2,3)21(20)19-15-14-7-5-4-6-13(14)12-17(15)8-10-18-11-9-17/h4-7,15,18-19H,8-12H2,1-3H3/t15-,21?/m0/s1. The lowest BCUT2D eigenvalue weighted by atomic mass is 9.73. The molecular weight excluding hydrogens is 280 g/mol. The number of rotatable bonds is 2. The van der Waals surface area contributed by atoms with Crippen LogP contribution in [0.15, 0.2) is 24.3 Å². The molecule has 21 heavy (non-hydrogen) atoms. The summed E-state index contributed by atoms with van der Waals surface area (Å²) in [5.41, 5.74) is 3.02. The quantitative estimate of drug-likeness (QED) is 0.826. The molecule has 0 radical (unpaired) electrons. The van der Waals surface area contributed by atoms with Crippen molar-refractivity contribution in [1.29, 1.82) is 0 Å². The minimum absolute atomic E-state index is 0.218. The Labute approximate surface area is 131 Å². The van der Waals surface area contributed by atoms with Crippen molar-refractivity contribution in [3.05, 3.63) is 35.4 Å². The molecule has 1 heterocycles. The fraction of sp³-hybridized carbons (Fsp3) is 0.647. The third kappa shape index (κ3) is 2.87. The third-order valence-electron chi connectivity index (χ3n) is 4.90. The lowest BCUT2D eigenvalue weighted by molar-refractivity contribution is 0.163. The fourth-order valence-corrected chi connectivity index (χ4v) is 4.60. The molecule has 2 atom stereocenters. The minimum atomic E-state index is -1.03. The fourth-order valence-electron chi connectivity index (χ4n) is 3.65. The molecule has 0 saturated carbocycles. The van der Waals surface area contributed by atoms with Gasteiger partial charge in [-0.1, -0.05) is 24.3 Å². The summed E-state index contributed by atoms with van der Waals surface area (Å²) in [4.78, 5) is 0. The molecule has 2 aliphatic rings. The zero-order valence-corrected chi connectivity index (χ0v) is 14.1. The van der Waals surface area contributed by atoms with Gasteiger partial charge in [0, 0.05) is 16.8 Å². The zero-order valence-electron chi connectivity index (χ0n) is 13.2. The number of fused-ring (bicyclic) bond motifs is 1. The van der Waals surface area contributed by atoms with Crippen molar-refractivity contribution in [3.63, 3.8) is 0 Å². The van der Waals surface area contributed by atoms with Gasteiger partial charge in [-0.25, -0.2) is 0 Å². The Bertz CT molecular complexity index is 506. The maximum atomic E-state index is 12.6. The monoisotopic (exact) mass is 306 g/mol.